The van der Waals surface area contributed by atoms with Crippen LogP contribution in [-0.2, 0) is 14.3 Å². The van der Waals surface area contributed by atoms with Gasteiger partial charge in [-0.05, 0) is 18.1 Å². The quantitative estimate of drug-likeness (QED) is 0.820. The Kier molecular flexibility index (Phi) is 5.68. The number of urea groups is 1. The average molecular weight is 326 g/mol. The van der Waals surface area contributed by atoms with Crippen molar-refractivity contribution in [3.8, 4) is 0 Å². The first kappa shape index (κ1) is 17.2. The summed E-state index contributed by atoms with van der Waals surface area (Å²) in [5.74, 6) is -2.02. The fourth-order valence-corrected chi connectivity index (χ4v) is 2.27. The van der Waals surface area contributed by atoms with E-state index in [2.05, 4.69) is 0 Å². The summed E-state index contributed by atoms with van der Waals surface area (Å²) in [5.41, 5.74) is 6.39. The van der Waals surface area contributed by atoms with Gasteiger partial charge in [-0.1, -0.05) is 60.7 Å². The van der Waals surface area contributed by atoms with Crippen LogP contribution in [0.2, 0.25) is 0 Å². The smallest absolute Gasteiger partial charge is 0.318 e. The lowest BCUT2D eigenvalue weighted by atomic mass is 9.91. The fraction of sp³-hybridized carbons (Fsp3) is 0.167. The Morgan fingerprint density at radius 1 is 0.917 bits per heavy atom. The molecule has 124 valence electrons. The van der Waals surface area contributed by atoms with Crippen LogP contribution >= 0.6 is 0 Å². The van der Waals surface area contributed by atoms with E-state index in [9.17, 15) is 14.4 Å². The minimum Gasteiger partial charge on any atom is -0.452 e. The number of hydrogen-bond donors (Lipinski definition) is 2. The van der Waals surface area contributed by atoms with Crippen molar-refractivity contribution >= 4 is 17.9 Å². The molecular weight excluding hydrogens is 308 g/mol. The molecule has 0 aliphatic rings. The lowest BCUT2D eigenvalue weighted by molar-refractivity contribution is -0.155. The van der Waals surface area contributed by atoms with Crippen molar-refractivity contribution in [1.29, 1.82) is 0 Å². The Morgan fingerprint density at radius 3 is 1.79 bits per heavy atom. The molecule has 24 heavy (non-hydrogen) atoms. The summed E-state index contributed by atoms with van der Waals surface area (Å²) in [6.45, 7) is 1.38. The number of nitrogens with one attached hydrogen (secondary N) is 1. The third-order valence-electron chi connectivity index (χ3n) is 3.41. The van der Waals surface area contributed by atoms with Crippen molar-refractivity contribution in [3.05, 3.63) is 71.8 Å². The number of primary amides is 1. The molecule has 0 fully saturated rings. The topological polar surface area (TPSA) is 98.5 Å². The molecule has 0 spiro atoms. The Hall–Kier alpha value is -3.15. The number of benzene rings is 2. The van der Waals surface area contributed by atoms with Gasteiger partial charge < -0.3 is 10.5 Å². The van der Waals surface area contributed by atoms with E-state index in [1.807, 2.05) is 66.0 Å². The fourth-order valence-electron chi connectivity index (χ4n) is 2.27. The number of ether oxygens (including phenoxy) is 1. The molecule has 0 aliphatic carbocycles. The predicted octanol–water partition coefficient (Wildman–Crippen LogP) is 1.95. The molecule has 3 amide bonds. The van der Waals surface area contributed by atoms with Crippen molar-refractivity contribution in [2.75, 3.05) is 0 Å². The van der Waals surface area contributed by atoms with Crippen LogP contribution in [0.5, 0.6) is 0 Å². The molecular formula is C18H18N2O4. The van der Waals surface area contributed by atoms with Crippen molar-refractivity contribution in [2.45, 2.75) is 18.9 Å². The van der Waals surface area contributed by atoms with E-state index < -0.39 is 29.9 Å². The third-order valence-corrected chi connectivity index (χ3v) is 3.41. The van der Waals surface area contributed by atoms with Gasteiger partial charge >= 0.3 is 12.0 Å². The molecule has 0 heterocycles. The lowest BCUT2D eigenvalue weighted by Gasteiger charge is -2.19. The van der Waals surface area contributed by atoms with Crippen LogP contribution in [0.25, 0.3) is 0 Å². The van der Waals surface area contributed by atoms with E-state index in [1.165, 1.54) is 6.92 Å². The number of carbonyl (C=O) groups excluding carboxylic acids is 3. The van der Waals surface area contributed by atoms with Crippen LogP contribution < -0.4 is 11.1 Å². The largest absolute Gasteiger partial charge is 0.452 e. The molecule has 2 aromatic rings. The van der Waals surface area contributed by atoms with Crippen LogP contribution in [0.15, 0.2) is 60.7 Å². The second-order valence-electron chi connectivity index (χ2n) is 5.19. The monoisotopic (exact) mass is 326 g/mol. The van der Waals surface area contributed by atoms with Crippen molar-refractivity contribution in [2.24, 2.45) is 5.73 Å². The number of rotatable bonds is 5. The third kappa shape index (κ3) is 4.42. The molecule has 2 rings (SSSR count). The van der Waals surface area contributed by atoms with E-state index in [1.54, 1.807) is 0 Å². The van der Waals surface area contributed by atoms with Gasteiger partial charge in [-0.25, -0.2) is 4.79 Å². The zero-order chi connectivity index (χ0) is 17.5. The lowest BCUT2D eigenvalue weighted by Crippen LogP contribution is -2.42. The standard InChI is InChI=1S/C18H18N2O4/c1-12(16(21)20-18(19)23)24-17(22)15(13-8-4-2-5-9-13)14-10-6-3-7-11-14/h2-12,15H,1H3,(H3,19,20,21,23)/t12-/m0/s1. The van der Waals surface area contributed by atoms with Gasteiger partial charge in [-0.2, -0.15) is 0 Å². The van der Waals surface area contributed by atoms with Crippen molar-refractivity contribution in [1.82, 2.24) is 5.32 Å². The minimum atomic E-state index is -1.14. The Morgan fingerprint density at radius 2 is 1.38 bits per heavy atom. The summed E-state index contributed by atoms with van der Waals surface area (Å²) < 4.78 is 5.23. The van der Waals surface area contributed by atoms with Gasteiger partial charge in [0.05, 0.1) is 0 Å². The maximum absolute atomic E-state index is 12.6. The molecule has 3 N–H and O–H groups in total. The van der Waals surface area contributed by atoms with Crippen LogP contribution in [0.3, 0.4) is 0 Å². The molecule has 0 aromatic heterocycles. The molecule has 6 nitrogen and oxygen atoms in total. The molecule has 0 bridgehead atoms. The highest BCUT2D eigenvalue weighted by Gasteiger charge is 2.28. The SMILES string of the molecule is C[C@H](OC(=O)C(c1ccccc1)c1ccccc1)C(=O)NC(N)=O. The summed E-state index contributed by atoms with van der Waals surface area (Å²) in [5, 5.41) is 1.89. The van der Waals surface area contributed by atoms with Crippen molar-refractivity contribution < 1.29 is 19.1 Å². The minimum absolute atomic E-state index is 0.584. The van der Waals surface area contributed by atoms with E-state index in [0.29, 0.717) is 0 Å². The maximum atomic E-state index is 12.6. The Balaban J connectivity index is 2.23. The molecule has 6 heteroatoms. The summed E-state index contributed by atoms with van der Waals surface area (Å²) >= 11 is 0. The van der Waals surface area contributed by atoms with Gasteiger partial charge in [-0.3, -0.25) is 14.9 Å². The number of amides is 3. The highest BCUT2D eigenvalue weighted by Crippen LogP contribution is 2.26. The zero-order valence-electron chi connectivity index (χ0n) is 13.1. The first-order valence-corrected chi connectivity index (χ1v) is 7.39. The van der Waals surface area contributed by atoms with Crippen LogP contribution in [0.1, 0.15) is 24.0 Å². The van der Waals surface area contributed by atoms with Crippen LogP contribution in [0, 0.1) is 0 Å². The number of hydrogen-bond acceptors (Lipinski definition) is 4. The van der Waals surface area contributed by atoms with Gasteiger partial charge in [0.15, 0.2) is 6.10 Å². The van der Waals surface area contributed by atoms with Crippen LogP contribution in [-0.4, -0.2) is 24.0 Å². The summed E-state index contributed by atoms with van der Waals surface area (Å²) in [4.78, 5) is 35.0. The predicted molar refractivity (Wildman–Crippen MR) is 88.0 cm³/mol. The van der Waals surface area contributed by atoms with Gasteiger partial charge in [0.25, 0.3) is 5.91 Å². The number of nitrogens with two attached hydrogens (primary N) is 1. The van der Waals surface area contributed by atoms with E-state index in [-0.39, 0.29) is 0 Å². The molecule has 0 aliphatic heterocycles. The molecule has 2 aromatic carbocycles. The second-order valence-corrected chi connectivity index (χ2v) is 5.19. The molecule has 0 unspecified atom stereocenters. The highest BCUT2D eigenvalue weighted by molar-refractivity contribution is 5.96. The summed E-state index contributed by atoms with van der Waals surface area (Å²) in [6.07, 6.45) is -1.14. The van der Waals surface area contributed by atoms with E-state index in [0.717, 1.165) is 11.1 Å². The highest BCUT2D eigenvalue weighted by atomic mass is 16.5. The summed E-state index contributed by atoms with van der Waals surface area (Å²) in [6, 6.07) is 17.2. The number of carbonyl (C=O) groups is 3. The average Bonchev–Trinajstić information content (AvgIpc) is 2.56. The van der Waals surface area contributed by atoms with E-state index >= 15 is 0 Å². The maximum Gasteiger partial charge on any atom is 0.318 e. The Labute approximate surface area is 139 Å². The molecule has 1 atom stereocenters. The van der Waals surface area contributed by atoms with Crippen LogP contribution in [0.4, 0.5) is 4.79 Å². The Bertz CT molecular complexity index is 677. The zero-order valence-corrected chi connectivity index (χ0v) is 13.1. The number of imide groups is 1. The first-order valence-electron chi connectivity index (χ1n) is 7.39. The molecule has 0 radical (unpaired) electrons. The van der Waals surface area contributed by atoms with Gasteiger partial charge in [0.2, 0.25) is 0 Å². The first-order chi connectivity index (χ1) is 11.5. The van der Waals surface area contributed by atoms with E-state index in [4.69, 9.17) is 10.5 Å². The van der Waals surface area contributed by atoms with Gasteiger partial charge in [0.1, 0.15) is 5.92 Å². The van der Waals surface area contributed by atoms with Crippen molar-refractivity contribution in [3.63, 3.8) is 0 Å². The second kappa shape index (κ2) is 7.92. The molecule has 0 saturated carbocycles. The number of esters is 1. The summed E-state index contributed by atoms with van der Waals surface area (Å²) in [7, 11) is 0. The van der Waals surface area contributed by atoms with Gasteiger partial charge in [-0.15, -0.1) is 0 Å². The molecule has 0 saturated heterocycles. The normalized spacial score (nSPS) is 11.6. The van der Waals surface area contributed by atoms with Gasteiger partial charge in [0, 0.05) is 0 Å².